The molecule has 1 atom stereocenters. The molecular formula is C14H18N2O4S. The lowest BCUT2D eigenvalue weighted by molar-refractivity contribution is -0.127. The first-order valence-electron chi connectivity index (χ1n) is 6.70. The van der Waals surface area contributed by atoms with Gasteiger partial charge in [-0.1, -0.05) is 30.3 Å². The van der Waals surface area contributed by atoms with Crippen molar-refractivity contribution < 1.29 is 18.0 Å². The number of carbonyl (C=O) groups excluding carboxylic acids is 2. The summed E-state index contributed by atoms with van der Waals surface area (Å²) >= 11 is 0. The second-order valence-electron chi connectivity index (χ2n) is 5.15. The minimum atomic E-state index is -3.21. The van der Waals surface area contributed by atoms with Crippen molar-refractivity contribution in [3.05, 3.63) is 35.9 Å². The fraction of sp³-hybridized carbons (Fsp3) is 0.429. The first-order chi connectivity index (χ1) is 9.87. The number of carbonyl (C=O) groups is 2. The van der Waals surface area contributed by atoms with E-state index in [-0.39, 0.29) is 18.2 Å². The van der Waals surface area contributed by atoms with Gasteiger partial charge < -0.3 is 5.32 Å². The molecule has 1 aromatic carbocycles. The molecule has 1 saturated heterocycles. The molecule has 1 fully saturated rings. The Balaban J connectivity index is 1.92. The molecule has 1 heterocycles. The molecule has 1 aromatic rings. The molecule has 21 heavy (non-hydrogen) atoms. The number of nitrogens with one attached hydrogen (secondary N) is 1. The Hall–Kier alpha value is -1.89. The predicted molar refractivity (Wildman–Crippen MR) is 78.5 cm³/mol. The molecule has 3 amide bonds. The molecule has 0 spiro atoms. The average Bonchev–Trinajstić information content (AvgIpc) is 2.69. The van der Waals surface area contributed by atoms with E-state index in [1.807, 2.05) is 30.3 Å². The van der Waals surface area contributed by atoms with Crippen LogP contribution in [0.15, 0.2) is 30.3 Å². The fourth-order valence-corrected chi connectivity index (χ4v) is 2.71. The van der Waals surface area contributed by atoms with Crippen molar-refractivity contribution in [2.75, 3.05) is 18.6 Å². The maximum Gasteiger partial charge on any atom is 0.324 e. The van der Waals surface area contributed by atoms with E-state index in [9.17, 15) is 18.0 Å². The van der Waals surface area contributed by atoms with Crippen molar-refractivity contribution in [1.29, 1.82) is 0 Å². The van der Waals surface area contributed by atoms with E-state index in [0.29, 0.717) is 12.8 Å². The molecular weight excluding hydrogens is 292 g/mol. The summed E-state index contributed by atoms with van der Waals surface area (Å²) < 4.78 is 22.2. The molecule has 1 aliphatic rings. The largest absolute Gasteiger partial charge is 0.326 e. The Kier molecular flexibility index (Phi) is 4.62. The smallest absolute Gasteiger partial charge is 0.324 e. The Morgan fingerprint density at radius 2 is 1.86 bits per heavy atom. The maximum atomic E-state index is 12.1. The first kappa shape index (κ1) is 15.5. The Morgan fingerprint density at radius 3 is 2.48 bits per heavy atom. The first-order valence-corrected chi connectivity index (χ1v) is 8.76. The van der Waals surface area contributed by atoms with Gasteiger partial charge in [-0.25, -0.2) is 13.2 Å². The number of amides is 3. The third-order valence-corrected chi connectivity index (χ3v) is 4.28. The highest BCUT2D eigenvalue weighted by atomic mass is 32.2. The van der Waals surface area contributed by atoms with Gasteiger partial charge in [0.15, 0.2) is 0 Å². The number of hydrogen-bond donors (Lipinski definition) is 1. The van der Waals surface area contributed by atoms with E-state index in [4.69, 9.17) is 0 Å². The Morgan fingerprint density at radius 1 is 1.19 bits per heavy atom. The van der Waals surface area contributed by atoms with Gasteiger partial charge in [-0.15, -0.1) is 0 Å². The van der Waals surface area contributed by atoms with Crippen LogP contribution in [0, 0.1) is 0 Å². The van der Waals surface area contributed by atoms with Crippen LogP contribution < -0.4 is 5.32 Å². The minimum absolute atomic E-state index is 0.0919. The van der Waals surface area contributed by atoms with Crippen LogP contribution in [-0.2, 0) is 21.1 Å². The number of urea groups is 1. The van der Waals surface area contributed by atoms with Crippen LogP contribution in [-0.4, -0.2) is 49.9 Å². The zero-order valence-corrected chi connectivity index (χ0v) is 12.6. The molecule has 6 nitrogen and oxygen atoms in total. The number of nitrogens with zero attached hydrogens (tertiary/aromatic N) is 1. The quantitative estimate of drug-likeness (QED) is 0.779. The summed E-state index contributed by atoms with van der Waals surface area (Å²) in [6, 6.07) is 8.59. The molecule has 7 heteroatoms. The average molecular weight is 310 g/mol. The van der Waals surface area contributed by atoms with Gasteiger partial charge in [-0.05, 0) is 18.4 Å². The van der Waals surface area contributed by atoms with E-state index in [0.717, 1.165) is 16.7 Å². The van der Waals surface area contributed by atoms with Crippen LogP contribution in [0.4, 0.5) is 4.79 Å². The number of benzene rings is 1. The van der Waals surface area contributed by atoms with Crippen molar-refractivity contribution in [2.45, 2.75) is 18.9 Å². The molecule has 1 aliphatic heterocycles. The second kappa shape index (κ2) is 6.26. The van der Waals surface area contributed by atoms with Gasteiger partial charge in [0.05, 0.1) is 5.75 Å². The normalized spacial score (nSPS) is 18.9. The molecule has 114 valence electrons. The third kappa shape index (κ3) is 4.29. The molecule has 0 unspecified atom stereocenters. The topological polar surface area (TPSA) is 83.6 Å². The summed E-state index contributed by atoms with van der Waals surface area (Å²) in [4.78, 5) is 24.8. The van der Waals surface area contributed by atoms with Crippen molar-refractivity contribution in [3.8, 4) is 0 Å². The molecule has 1 N–H and O–H groups in total. The third-order valence-electron chi connectivity index (χ3n) is 3.36. The van der Waals surface area contributed by atoms with Crippen molar-refractivity contribution in [3.63, 3.8) is 0 Å². The van der Waals surface area contributed by atoms with E-state index in [2.05, 4.69) is 5.32 Å². The molecule has 0 bridgehead atoms. The van der Waals surface area contributed by atoms with Gasteiger partial charge in [0, 0.05) is 12.8 Å². The fourth-order valence-electron chi connectivity index (χ4n) is 2.20. The molecule has 0 radical (unpaired) electrons. The summed E-state index contributed by atoms with van der Waals surface area (Å²) in [6.07, 6.45) is 2.26. The van der Waals surface area contributed by atoms with Crippen LogP contribution in [0.25, 0.3) is 0 Å². The SMILES string of the molecule is CS(=O)(=O)CCN1C(=O)N[C@H](CCc2ccccc2)C1=O. The zero-order valence-electron chi connectivity index (χ0n) is 11.8. The number of hydrogen-bond acceptors (Lipinski definition) is 4. The van der Waals surface area contributed by atoms with Gasteiger partial charge in [0.2, 0.25) is 0 Å². The van der Waals surface area contributed by atoms with Crippen LogP contribution in [0.1, 0.15) is 12.0 Å². The number of rotatable bonds is 6. The second-order valence-corrected chi connectivity index (χ2v) is 7.41. The Bertz CT molecular complexity index is 628. The minimum Gasteiger partial charge on any atom is -0.326 e. The monoisotopic (exact) mass is 310 g/mol. The van der Waals surface area contributed by atoms with Crippen LogP contribution in [0.3, 0.4) is 0 Å². The number of sulfone groups is 1. The van der Waals surface area contributed by atoms with E-state index >= 15 is 0 Å². The van der Waals surface area contributed by atoms with Gasteiger partial charge in [0.25, 0.3) is 5.91 Å². The van der Waals surface area contributed by atoms with Gasteiger partial charge in [-0.3, -0.25) is 9.69 Å². The predicted octanol–water partition coefficient (Wildman–Crippen LogP) is 0.584. The van der Waals surface area contributed by atoms with Crippen molar-refractivity contribution in [1.82, 2.24) is 10.2 Å². The standard InChI is InChI=1S/C14H18N2O4S/c1-21(19,20)10-9-16-13(17)12(15-14(16)18)8-7-11-5-3-2-4-6-11/h2-6,12H,7-10H2,1H3,(H,15,18)/t12-/m1/s1. The van der Waals surface area contributed by atoms with Crippen molar-refractivity contribution >= 4 is 21.8 Å². The highest BCUT2D eigenvalue weighted by Crippen LogP contribution is 2.13. The number of aryl methyl sites for hydroxylation is 1. The summed E-state index contributed by atoms with van der Waals surface area (Å²) in [6.45, 7) is -0.0919. The van der Waals surface area contributed by atoms with Crippen LogP contribution >= 0.6 is 0 Å². The lowest BCUT2D eigenvalue weighted by Gasteiger charge is -2.12. The molecule has 0 aromatic heterocycles. The molecule has 2 rings (SSSR count). The highest BCUT2D eigenvalue weighted by Gasteiger charge is 2.37. The van der Waals surface area contributed by atoms with Gasteiger partial charge >= 0.3 is 6.03 Å². The summed E-state index contributed by atoms with van der Waals surface area (Å²) in [7, 11) is -3.21. The molecule has 0 aliphatic carbocycles. The highest BCUT2D eigenvalue weighted by molar-refractivity contribution is 7.90. The Labute approximate surface area is 124 Å². The zero-order chi connectivity index (χ0) is 15.5. The summed E-state index contributed by atoms with van der Waals surface area (Å²) in [5.41, 5.74) is 1.09. The van der Waals surface area contributed by atoms with E-state index < -0.39 is 21.9 Å². The maximum absolute atomic E-state index is 12.1. The van der Waals surface area contributed by atoms with E-state index in [1.165, 1.54) is 0 Å². The van der Waals surface area contributed by atoms with Crippen LogP contribution in [0.5, 0.6) is 0 Å². The molecule has 0 saturated carbocycles. The lowest BCUT2D eigenvalue weighted by atomic mass is 10.1. The summed E-state index contributed by atoms with van der Waals surface area (Å²) in [5, 5.41) is 2.60. The van der Waals surface area contributed by atoms with Gasteiger partial charge in [-0.2, -0.15) is 0 Å². The van der Waals surface area contributed by atoms with E-state index in [1.54, 1.807) is 0 Å². The number of imide groups is 1. The summed E-state index contributed by atoms with van der Waals surface area (Å²) in [5.74, 6) is -0.558. The van der Waals surface area contributed by atoms with Crippen LogP contribution in [0.2, 0.25) is 0 Å². The van der Waals surface area contributed by atoms with Crippen molar-refractivity contribution in [2.24, 2.45) is 0 Å². The van der Waals surface area contributed by atoms with Gasteiger partial charge in [0.1, 0.15) is 15.9 Å². The lowest BCUT2D eigenvalue weighted by Crippen LogP contribution is -2.35.